The van der Waals surface area contributed by atoms with Crippen LogP contribution in [-0.2, 0) is 16.6 Å². The molecule has 21 heavy (non-hydrogen) atoms. The molecule has 0 amide bonds. The van der Waals surface area contributed by atoms with Crippen molar-refractivity contribution in [3.8, 4) is 0 Å². The maximum Gasteiger partial charge on any atom is 0.279 e. The fourth-order valence-corrected chi connectivity index (χ4v) is 3.40. The third-order valence-corrected chi connectivity index (χ3v) is 4.99. The highest BCUT2D eigenvalue weighted by Gasteiger charge is 2.16. The summed E-state index contributed by atoms with van der Waals surface area (Å²) in [5.74, 6) is 0. The van der Waals surface area contributed by atoms with Crippen LogP contribution in [0.4, 0.5) is 5.69 Å². The number of rotatable bonds is 6. The van der Waals surface area contributed by atoms with E-state index in [0.717, 1.165) is 15.7 Å². The summed E-state index contributed by atoms with van der Waals surface area (Å²) in [6, 6.07) is 10.5. The van der Waals surface area contributed by atoms with E-state index in [9.17, 15) is 8.42 Å². The molecule has 5 nitrogen and oxygen atoms in total. The predicted octanol–water partition coefficient (Wildman–Crippen LogP) is 2.60. The molecule has 1 aromatic carbocycles. The first-order valence-electron chi connectivity index (χ1n) is 6.46. The normalized spacial score (nSPS) is 11.3. The van der Waals surface area contributed by atoms with Gasteiger partial charge in [0, 0.05) is 16.3 Å². The Labute approximate surface area is 138 Å². The summed E-state index contributed by atoms with van der Waals surface area (Å²) in [5, 5.41) is 3.18. The van der Waals surface area contributed by atoms with E-state index in [1.165, 1.54) is 6.07 Å². The van der Waals surface area contributed by atoms with E-state index in [1.807, 2.05) is 19.1 Å². The van der Waals surface area contributed by atoms with E-state index in [0.29, 0.717) is 12.2 Å². The summed E-state index contributed by atoms with van der Waals surface area (Å²) in [4.78, 5) is 4.04. The molecule has 112 valence electrons. The zero-order valence-corrected chi connectivity index (χ0v) is 14.5. The maximum absolute atomic E-state index is 12.3. The van der Waals surface area contributed by atoms with E-state index >= 15 is 0 Å². The van der Waals surface area contributed by atoms with Gasteiger partial charge in [-0.1, -0.05) is 25.1 Å². The number of aromatic nitrogens is 1. The van der Waals surface area contributed by atoms with E-state index in [-0.39, 0.29) is 5.03 Å². The molecule has 0 fully saturated rings. The SMILES string of the molecule is CCNCc1ccc(S(=O)(=O)Nc2ccccc2I)nc1. The lowest BCUT2D eigenvalue weighted by Crippen LogP contribution is -2.16. The lowest BCUT2D eigenvalue weighted by atomic mass is 10.3. The molecule has 0 aliphatic heterocycles. The van der Waals surface area contributed by atoms with Crippen molar-refractivity contribution in [2.75, 3.05) is 11.3 Å². The van der Waals surface area contributed by atoms with Gasteiger partial charge in [-0.2, -0.15) is 8.42 Å². The van der Waals surface area contributed by atoms with Crippen LogP contribution in [-0.4, -0.2) is 19.9 Å². The Kier molecular flexibility index (Phi) is 5.54. The van der Waals surface area contributed by atoms with Crippen LogP contribution < -0.4 is 10.0 Å². The number of nitrogens with one attached hydrogen (secondary N) is 2. The number of pyridine rings is 1. The minimum atomic E-state index is -3.66. The van der Waals surface area contributed by atoms with Crippen LogP contribution in [0.15, 0.2) is 47.6 Å². The van der Waals surface area contributed by atoms with Gasteiger partial charge < -0.3 is 5.32 Å². The average molecular weight is 417 g/mol. The molecule has 0 aliphatic rings. The Morgan fingerprint density at radius 3 is 2.57 bits per heavy atom. The second-order valence-electron chi connectivity index (χ2n) is 4.37. The van der Waals surface area contributed by atoms with E-state index in [4.69, 9.17) is 0 Å². The molecular weight excluding hydrogens is 401 g/mol. The van der Waals surface area contributed by atoms with Crippen LogP contribution >= 0.6 is 22.6 Å². The minimum Gasteiger partial charge on any atom is -0.313 e. The summed E-state index contributed by atoms with van der Waals surface area (Å²) >= 11 is 2.08. The van der Waals surface area contributed by atoms with Crippen molar-refractivity contribution in [1.82, 2.24) is 10.3 Å². The Hall–Kier alpha value is -1.19. The number of para-hydroxylation sites is 1. The van der Waals surface area contributed by atoms with Crippen LogP contribution in [0, 0.1) is 3.57 Å². The van der Waals surface area contributed by atoms with Crippen molar-refractivity contribution in [3.63, 3.8) is 0 Å². The number of halogens is 1. The van der Waals surface area contributed by atoms with Crippen LogP contribution in [0.25, 0.3) is 0 Å². The molecule has 0 unspecified atom stereocenters. The molecule has 0 aliphatic carbocycles. The summed E-state index contributed by atoms with van der Waals surface area (Å²) in [7, 11) is -3.66. The standard InChI is InChI=1S/C14H16IN3O2S/c1-2-16-9-11-7-8-14(17-10-11)21(19,20)18-13-6-4-3-5-12(13)15/h3-8,10,16,18H,2,9H2,1H3. The minimum absolute atomic E-state index is 0.0161. The molecule has 0 saturated carbocycles. The molecule has 0 atom stereocenters. The van der Waals surface area contributed by atoms with Crippen molar-refractivity contribution in [2.24, 2.45) is 0 Å². The zero-order valence-electron chi connectivity index (χ0n) is 11.5. The van der Waals surface area contributed by atoms with Crippen LogP contribution in [0.5, 0.6) is 0 Å². The summed E-state index contributed by atoms with van der Waals surface area (Å²) in [6.45, 7) is 3.54. The number of anilines is 1. The topological polar surface area (TPSA) is 71.1 Å². The van der Waals surface area contributed by atoms with Crippen molar-refractivity contribution in [1.29, 1.82) is 0 Å². The molecule has 2 N–H and O–H groups in total. The van der Waals surface area contributed by atoms with E-state index < -0.39 is 10.0 Å². The van der Waals surface area contributed by atoms with E-state index in [2.05, 4.69) is 37.6 Å². The van der Waals surface area contributed by atoms with Crippen molar-refractivity contribution in [3.05, 3.63) is 51.7 Å². The Morgan fingerprint density at radius 1 is 1.19 bits per heavy atom. The summed E-state index contributed by atoms with van der Waals surface area (Å²) in [5.41, 5.74) is 1.50. The Bertz CT molecular complexity index is 702. The number of hydrogen-bond acceptors (Lipinski definition) is 4. The van der Waals surface area contributed by atoms with Crippen molar-refractivity contribution >= 4 is 38.3 Å². The number of hydrogen-bond donors (Lipinski definition) is 2. The number of benzene rings is 1. The molecule has 2 aromatic rings. The van der Waals surface area contributed by atoms with Gasteiger partial charge in [-0.3, -0.25) is 4.72 Å². The molecule has 7 heteroatoms. The summed E-state index contributed by atoms with van der Waals surface area (Å²) in [6.07, 6.45) is 1.58. The van der Waals surface area contributed by atoms with Gasteiger partial charge >= 0.3 is 0 Å². The van der Waals surface area contributed by atoms with Crippen LogP contribution in [0.2, 0.25) is 0 Å². The largest absolute Gasteiger partial charge is 0.313 e. The Morgan fingerprint density at radius 2 is 1.95 bits per heavy atom. The highest BCUT2D eigenvalue weighted by molar-refractivity contribution is 14.1. The van der Waals surface area contributed by atoms with Crippen LogP contribution in [0.3, 0.4) is 0 Å². The third-order valence-electron chi connectivity index (χ3n) is 2.77. The smallest absolute Gasteiger partial charge is 0.279 e. The molecule has 0 saturated heterocycles. The van der Waals surface area contributed by atoms with Gasteiger partial charge in [-0.05, 0) is 52.9 Å². The molecular formula is C14H16IN3O2S. The van der Waals surface area contributed by atoms with Gasteiger partial charge in [0.2, 0.25) is 0 Å². The second-order valence-corrected chi connectivity index (χ2v) is 7.16. The summed E-state index contributed by atoms with van der Waals surface area (Å²) < 4.78 is 28.0. The molecule has 0 bridgehead atoms. The number of nitrogens with zero attached hydrogens (tertiary/aromatic N) is 1. The lowest BCUT2D eigenvalue weighted by molar-refractivity contribution is 0.597. The molecule has 1 heterocycles. The zero-order chi connectivity index (χ0) is 15.3. The van der Waals surface area contributed by atoms with Gasteiger partial charge in [0.25, 0.3) is 10.0 Å². The molecule has 0 spiro atoms. The van der Waals surface area contributed by atoms with Gasteiger partial charge in [-0.25, -0.2) is 4.98 Å². The van der Waals surface area contributed by atoms with Gasteiger partial charge in [0.15, 0.2) is 5.03 Å². The highest BCUT2D eigenvalue weighted by Crippen LogP contribution is 2.20. The fourth-order valence-electron chi connectivity index (χ4n) is 1.68. The van der Waals surface area contributed by atoms with Crippen molar-refractivity contribution in [2.45, 2.75) is 18.5 Å². The van der Waals surface area contributed by atoms with Crippen molar-refractivity contribution < 1.29 is 8.42 Å². The Balaban J connectivity index is 2.18. The fraction of sp³-hybridized carbons (Fsp3) is 0.214. The van der Waals surface area contributed by atoms with Gasteiger partial charge in [-0.15, -0.1) is 0 Å². The first kappa shape index (κ1) is 16.2. The average Bonchev–Trinajstić information content (AvgIpc) is 2.48. The molecule has 0 radical (unpaired) electrons. The number of sulfonamides is 1. The quantitative estimate of drug-likeness (QED) is 0.709. The van der Waals surface area contributed by atoms with E-state index in [1.54, 1.807) is 24.4 Å². The monoisotopic (exact) mass is 417 g/mol. The third kappa shape index (κ3) is 4.39. The second kappa shape index (κ2) is 7.19. The predicted molar refractivity (Wildman–Crippen MR) is 91.6 cm³/mol. The highest BCUT2D eigenvalue weighted by atomic mass is 127. The maximum atomic E-state index is 12.3. The first-order chi connectivity index (χ1) is 10.0. The molecule has 2 rings (SSSR count). The van der Waals surface area contributed by atoms with Gasteiger partial charge in [0.1, 0.15) is 0 Å². The van der Waals surface area contributed by atoms with Gasteiger partial charge in [0.05, 0.1) is 5.69 Å². The lowest BCUT2D eigenvalue weighted by Gasteiger charge is -2.09. The molecule has 1 aromatic heterocycles. The first-order valence-corrected chi connectivity index (χ1v) is 9.02. The van der Waals surface area contributed by atoms with Crippen LogP contribution in [0.1, 0.15) is 12.5 Å².